The third kappa shape index (κ3) is 7.70. The Morgan fingerprint density at radius 2 is 1.87 bits per heavy atom. The van der Waals surface area contributed by atoms with Crippen LogP contribution in [0.1, 0.15) is 82.6 Å². The van der Waals surface area contributed by atoms with Crippen LogP contribution < -0.4 is 9.47 Å². The number of benzene rings is 1. The van der Waals surface area contributed by atoms with Gasteiger partial charge in [0.1, 0.15) is 18.1 Å². The van der Waals surface area contributed by atoms with Crippen LogP contribution in [0.4, 0.5) is 0 Å². The molecule has 1 unspecified atom stereocenters. The minimum Gasteiger partial charge on any atom is -0.490 e. The van der Waals surface area contributed by atoms with Crippen molar-refractivity contribution in [2.75, 3.05) is 38.8 Å². The largest absolute Gasteiger partial charge is 0.490 e. The molecule has 2 aliphatic heterocycles. The first kappa shape index (κ1) is 35.0. The molecule has 1 aromatic rings. The average molecular weight is 656 g/mol. The van der Waals surface area contributed by atoms with Crippen LogP contribution in [0.15, 0.2) is 60.3 Å². The summed E-state index contributed by atoms with van der Waals surface area (Å²) in [6.45, 7) is 11.8. The number of unbranched alkanes of at least 4 members (excludes halogenated alkanes) is 2. The van der Waals surface area contributed by atoms with Crippen molar-refractivity contribution in [3.05, 3.63) is 60.7 Å². The Bertz CT molecular complexity index is 1210. The molecule has 9 heteroatoms. The van der Waals surface area contributed by atoms with Gasteiger partial charge in [0.2, 0.25) is 12.1 Å². The highest BCUT2D eigenvalue weighted by atomic mass is 32.2. The Hall–Kier alpha value is -2.30. The van der Waals surface area contributed by atoms with E-state index in [2.05, 4.69) is 32.2 Å². The number of hydrogen-bond acceptors (Lipinski definition) is 9. The molecule has 1 saturated carbocycles. The molecule has 0 amide bonds. The van der Waals surface area contributed by atoms with E-state index in [1.54, 1.807) is 12.2 Å². The number of thioether (sulfide) groups is 1. The van der Waals surface area contributed by atoms with Gasteiger partial charge in [-0.25, -0.2) is 0 Å². The van der Waals surface area contributed by atoms with Crippen LogP contribution >= 0.6 is 11.8 Å². The maximum absolute atomic E-state index is 9.75. The molecule has 4 aliphatic rings. The molecule has 2 heterocycles. The van der Waals surface area contributed by atoms with Crippen molar-refractivity contribution in [1.82, 2.24) is 0 Å². The molecule has 0 radical (unpaired) electrons. The Morgan fingerprint density at radius 3 is 2.59 bits per heavy atom. The fraction of sp³-hybridized carbons (Fsp3) is 0.649. The quantitative estimate of drug-likeness (QED) is 0.0977. The summed E-state index contributed by atoms with van der Waals surface area (Å²) in [4.78, 5) is 6.13. The number of nitrogens with zero attached hydrogens (tertiary/aromatic N) is 1. The summed E-state index contributed by atoms with van der Waals surface area (Å²) in [6, 6.07) is 6.15. The highest BCUT2D eigenvalue weighted by molar-refractivity contribution is 8.00. The number of fused-ring (bicyclic) bond motifs is 2. The monoisotopic (exact) mass is 655 g/mol. The average Bonchev–Trinajstić information content (AvgIpc) is 3.08. The lowest BCUT2D eigenvalue weighted by molar-refractivity contribution is -0.223. The second-order valence-electron chi connectivity index (χ2n) is 12.7. The minimum absolute atomic E-state index is 0.0365. The van der Waals surface area contributed by atoms with E-state index in [9.17, 15) is 10.2 Å². The Labute approximate surface area is 279 Å². The Kier molecular flexibility index (Phi) is 13.1. The molecule has 8 nitrogen and oxygen atoms in total. The lowest BCUT2D eigenvalue weighted by Crippen LogP contribution is -2.64. The first-order valence-electron chi connectivity index (χ1n) is 17.3. The van der Waals surface area contributed by atoms with Crippen LogP contribution in [0.25, 0.3) is 0 Å². The van der Waals surface area contributed by atoms with Gasteiger partial charge >= 0.3 is 0 Å². The zero-order valence-electron chi connectivity index (χ0n) is 27.4. The Morgan fingerprint density at radius 1 is 1.07 bits per heavy atom. The van der Waals surface area contributed by atoms with E-state index >= 15 is 0 Å². The fourth-order valence-electron chi connectivity index (χ4n) is 7.84. The molecular formula is C37H53NO7S. The van der Waals surface area contributed by atoms with Crippen LogP contribution in [0.3, 0.4) is 0 Å². The van der Waals surface area contributed by atoms with Gasteiger partial charge in [-0.2, -0.15) is 11.8 Å². The van der Waals surface area contributed by atoms with E-state index < -0.39 is 5.79 Å². The zero-order chi connectivity index (χ0) is 32.4. The fourth-order valence-corrected chi connectivity index (χ4v) is 9.01. The summed E-state index contributed by atoms with van der Waals surface area (Å²) in [5, 5.41) is 24.3. The van der Waals surface area contributed by atoms with Gasteiger partial charge in [-0.1, -0.05) is 49.7 Å². The molecule has 2 N–H and O–H groups in total. The first-order valence-corrected chi connectivity index (χ1v) is 18.4. The van der Waals surface area contributed by atoms with Gasteiger partial charge in [0, 0.05) is 37.5 Å². The number of aliphatic hydroxyl groups excluding tert-OH is 2. The van der Waals surface area contributed by atoms with Crippen molar-refractivity contribution in [2.45, 2.75) is 94.4 Å². The number of aliphatic hydroxyl groups is 2. The van der Waals surface area contributed by atoms with E-state index in [0.29, 0.717) is 26.2 Å². The van der Waals surface area contributed by atoms with Crippen LogP contribution in [-0.4, -0.2) is 72.0 Å². The summed E-state index contributed by atoms with van der Waals surface area (Å²) in [6.07, 6.45) is 14.5. The number of allylic oxidation sites excluding steroid dienone is 1. The molecule has 2 fully saturated rings. The van der Waals surface area contributed by atoms with Gasteiger partial charge in [-0.15, -0.1) is 6.58 Å². The van der Waals surface area contributed by atoms with Crippen molar-refractivity contribution in [3.63, 3.8) is 0 Å². The minimum atomic E-state index is -0.937. The number of rotatable bonds is 18. The summed E-state index contributed by atoms with van der Waals surface area (Å²) >= 11 is 1.84. The van der Waals surface area contributed by atoms with E-state index in [0.717, 1.165) is 91.9 Å². The van der Waals surface area contributed by atoms with E-state index in [-0.39, 0.29) is 48.4 Å². The smallest absolute Gasteiger partial charge is 0.230 e. The summed E-state index contributed by atoms with van der Waals surface area (Å²) in [7, 11) is 0. The molecule has 7 atom stereocenters. The lowest BCUT2D eigenvalue weighted by atomic mass is 9.56. The van der Waals surface area contributed by atoms with Crippen LogP contribution in [0, 0.1) is 17.8 Å². The van der Waals surface area contributed by atoms with Crippen molar-refractivity contribution in [2.24, 2.45) is 22.9 Å². The maximum Gasteiger partial charge on any atom is 0.230 e. The first-order chi connectivity index (χ1) is 22.6. The third-order valence-electron chi connectivity index (χ3n) is 9.78. The summed E-state index contributed by atoms with van der Waals surface area (Å²) in [5.74, 6) is 1.98. The van der Waals surface area contributed by atoms with Crippen LogP contribution in [0.5, 0.6) is 11.5 Å². The summed E-state index contributed by atoms with van der Waals surface area (Å²) < 4.78 is 26.0. The summed E-state index contributed by atoms with van der Waals surface area (Å²) in [5.41, 5.74) is 3.20. The van der Waals surface area contributed by atoms with E-state index in [1.807, 2.05) is 23.9 Å². The second-order valence-corrected chi connectivity index (χ2v) is 14.2. The van der Waals surface area contributed by atoms with Crippen LogP contribution in [-0.2, 0) is 14.3 Å². The standard InChI is InChI=1S/C37H53NO7S/c1-4-20-41-27-16-17-32-30(24-27)35-28(14-8-11-19-40)26(13-7-10-18-39)23-29-31(38-45-34-15-9-12-22-42-34)25-33(46-6-3)37(44-32,36(29)35)43-21-5-2/h4-5,16-17,23-24,26,28,33-36,39-40H,1-2,6-15,18-22,25H2,3H3/t26-,28+,33-,34?,35+,36+,37+/m0/s1. The molecule has 0 spiro atoms. The molecule has 1 aromatic carbocycles. The van der Waals surface area contributed by atoms with Crippen LogP contribution in [0.2, 0.25) is 0 Å². The highest BCUT2D eigenvalue weighted by Gasteiger charge is 2.63. The molecule has 0 bridgehead atoms. The van der Waals surface area contributed by atoms with Crippen molar-refractivity contribution in [1.29, 1.82) is 0 Å². The molecular weight excluding hydrogens is 602 g/mol. The van der Waals surface area contributed by atoms with Gasteiger partial charge in [0.05, 0.1) is 30.1 Å². The van der Waals surface area contributed by atoms with Gasteiger partial charge < -0.3 is 34.0 Å². The topological polar surface area (TPSA) is 99.0 Å². The van der Waals surface area contributed by atoms with Crippen molar-refractivity contribution in [3.8, 4) is 11.5 Å². The third-order valence-corrected chi connectivity index (χ3v) is 11.0. The predicted molar refractivity (Wildman–Crippen MR) is 183 cm³/mol. The molecule has 2 aliphatic carbocycles. The van der Waals surface area contributed by atoms with E-state index in [1.165, 1.54) is 0 Å². The lowest BCUT2D eigenvalue weighted by Gasteiger charge is -2.58. The van der Waals surface area contributed by atoms with Gasteiger partial charge in [-0.05, 0) is 79.9 Å². The molecule has 46 heavy (non-hydrogen) atoms. The SMILES string of the molecule is C=CCOc1ccc2c(c1)[C@H]1[C@H](CCCCO)[C@@H](CCCCO)C=C3C(=NOC4CCCCO4)C[C@H](SCC)[C@@](OCC=C)(O2)[C@H]31. The normalized spacial score (nSPS) is 30.8. The second kappa shape index (κ2) is 17.2. The molecule has 1 saturated heterocycles. The highest BCUT2D eigenvalue weighted by Crippen LogP contribution is 2.62. The van der Waals surface area contributed by atoms with Crippen molar-refractivity contribution < 1.29 is 34.0 Å². The zero-order valence-corrected chi connectivity index (χ0v) is 28.3. The van der Waals surface area contributed by atoms with Gasteiger partial charge in [-0.3, -0.25) is 0 Å². The van der Waals surface area contributed by atoms with Crippen molar-refractivity contribution >= 4 is 17.5 Å². The maximum atomic E-state index is 9.75. The molecule has 0 aromatic heterocycles. The number of ether oxygens (including phenoxy) is 4. The van der Waals surface area contributed by atoms with Gasteiger partial charge in [0.15, 0.2) is 0 Å². The number of hydrogen-bond donors (Lipinski definition) is 2. The molecule has 5 rings (SSSR count). The molecule has 254 valence electrons. The number of oxime groups is 1. The predicted octanol–water partition coefficient (Wildman–Crippen LogP) is 7.16. The van der Waals surface area contributed by atoms with E-state index in [4.69, 9.17) is 28.9 Å². The van der Waals surface area contributed by atoms with Gasteiger partial charge in [0.25, 0.3) is 0 Å². The Balaban J connectivity index is 1.68.